The number of likely N-dealkylation sites (tertiary alicyclic amines) is 2. The first-order chi connectivity index (χ1) is 26.4. The summed E-state index contributed by atoms with van der Waals surface area (Å²) in [5.41, 5.74) is 6.55. The predicted octanol–water partition coefficient (Wildman–Crippen LogP) is 6.03. The van der Waals surface area contributed by atoms with Crippen LogP contribution in [-0.2, 0) is 20.9 Å². The number of aromatic nitrogens is 4. The first kappa shape index (κ1) is 37.5. The van der Waals surface area contributed by atoms with Crippen molar-refractivity contribution >= 4 is 24.0 Å². The number of rotatable bonds is 10. The van der Waals surface area contributed by atoms with E-state index >= 15 is 0 Å². The molecule has 4 amide bonds. The van der Waals surface area contributed by atoms with Gasteiger partial charge in [-0.25, -0.2) is 19.6 Å². The van der Waals surface area contributed by atoms with Gasteiger partial charge in [0.2, 0.25) is 11.8 Å². The number of nitrogens with one attached hydrogen (secondary N) is 4. The Hall–Kier alpha value is -5.86. The van der Waals surface area contributed by atoms with Crippen LogP contribution in [-0.4, -0.2) is 91.1 Å². The molecule has 3 aliphatic heterocycles. The number of imidazole rings is 2. The van der Waals surface area contributed by atoms with Crippen LogP contribution in [0.3, 0.4) is 0 Å². The van der Waals surface area contributed by atoms with E-state index in [0.717, 1.165) is 70.6 Å². The molecular weight excluding hydrogens is 704 g/mol. The van der Waals surface area contributed by atoms with Crippen molar-refractivity contribution in [3.05, 3.63) is 66.0 Å². The first-order valence-corrected chi connectivity index (χ1v) is 18.9. The molecule has 2 fully saturated rings. The number of carbonyl (C=O) groups excluding carboxylic acids is 3. The monoisotopic (exact) mass is 752 g/mol. The lowest BCUT2D eigenvalue weighted by atomic mass is 9.93. The number of nitrogens with zero attached hydrogens (tertiary/aromatic N) is 4. The van der Waals surface area contributed by atoms with Gasteiger partial charge in [-0.05, 0) is 72.4 Å². The fourth-order valence-electron chi connectivity index (χ4n) is 7.97. The van der Waals surface area contributed by atoms with Crippen LogP contribution in [0.4, 0.5) is 9.59 Å². The maximum Gasteiger partial charge on any atom is 0.407 e. The summed E-state index contributed by atoms with van der Waals surface area (Å²) >= 11 is 0. The highest BCUT2D eigenvalue weighted by Gasteiger charge is 2.39. The quantitative estimate of drug-likeness (QED) is 0.129. The molecule has 0 bridgehead atoms. The zero-order chi connectivity index (χ0) is 39.0. The molecular formula is C40H48N8O7. The number of hydrogen-bond acceptors (Lipinski definition) is 8. The second-order valence-corrected chi connectivity index (χ2v) is 15.1. The Morgan fingerprint density at radius 3 is 1.85 bits per heavy atom. The molecule has 5 heterocycles. The highest BCUT2D eigenvalue weighted by molar-refractivity contribution is 5.87. The number of methoxy groups -OCH3 is 1. The number of hydrogen-bond donors (Lipinski definition) is 5. The van der Waals surface area contributed by atoms with Crippen molar-refractivity contribution in [1.82, 2.24) is 40.4 Å². The molecule has 4 aromatic rings. The molecule has 7 rings (SSSR count). The van der Waals surface area contributed by atoms with E-state index in [9.17, 15) is 24.3 Å². The fraction of sp³-hybridized carbons (Fsp3) is 0.450. The van der Waals surface area contributed by atoms with E-state index < -0.39 is 24.3 Å². The third-order valence-electron chi connectivity index (χ3n) is 10.9. The molecule has 0 aliphatic carbocycles. The van der Waals surface area contributed by atoms with Gasteiger partial charge in [0, 0.05) is 24.2 Å². The van der Waals surface area contributed by atoms with Gasteiger partial charge in [-0.1, -0.05) is 45.9 Å². The number of H-pyrrole nitrogens is 2. The summed E-state index contributed by atoms with van der Waals surface area (Å²) < 4.78 is 11.1. The van der Waals surface area contributed by atoms with Crippen molar-refractivity contribution in [2.45, 2.75) is 84.2 Å². The van der Waals surface area contributed by atoms with Crippen LogP contribution in [0, 0.1) is 11.8 Å². The van der Waals surface area contributed by atoms with Crippen LogP contribution in [0.15, 0.2) is 48.8 Å². The van der Waals surface area contributed by atoms with Gasteiger partial charge in [0.25, 0.3) is 0 Å². The maximum atomic E-state index is 13.6. The van der Waals surface area contributed by atoms with E-state index in [0.29, 0.717) is 31.3 Å². The minimum absolute atomic E-state index is 0.118. The Morgan fingerprint density at radius 2 is 1.33 bits per heavy atom. The van der Waals surface area contributed by atoms with Crippen LogP contribution in [0.5, 0.6) is 5.75 Å². The van der Waals surface area contributed by atoms with Gasteiger partial charge in [0.05, 0.1) is 43.0 Å². The molecule has 290 valence electrons. The van der Waals surface area contributed by atoms with Gasteiger partial charge in [-0.2, -0.15) is 0 Å². The first-order valence-electron chi connectivity index (χ1n) is 18.9. The van der Waals surface area contributed by atoms with Crippen LogP contribution < -0.4 is 15.4 Å². The summed E-state index contributed by atoms with van der Waals surface area (Å²) in [5.74, 6) is 1.42. The molecule has 0 spiro atoms. The number of fused-ring (bicyclic) bond motifs is 3. The minimum Gasteiger partial charge on any atom is -0.488 e. The lowest BCUT2D eigenvalue weighted by molar-refractivity contribution is -0.136. The molecule has 4 unspecified atom stereocenters. The number of amides is 4. The normalized spacial score (nSPS) is 18.7. The van der Waals surface area contributed by atoms with Crippen molar-refractivity contribution in [1.29, 1.82) is 0 Å². The second kappa shape index (κ2) is 15.5. The Bertz CT molecular complexity index is 2090. The molecule has 15 heteroatoms. The average Bonchev–Trinajstić information content (AvgIpc) is 4.01. The van der Waals surface area contributed by atoms with E-state index in [4.69, 9.17) is 9.47 Å². The van der Waals surface area contributed by atoms with Crippen LogP contribution in [0.1, 0.15) is 82.7 Å². The summed E-state index contributed by atoms with van der Waals surface area (Å²) in [4.78, 5) is 70.1. The molecule has 0 radical (unpaired) electrons. The van der Waals surface area contributed by atoms with Gasteiger partial charge >= 0.3 is 12.2 Å². The van der Waals surface area contributed by atoms with E-state index in [1.807, 2.05) is 52.0 Å². The second-order valence-electron chi connectivity index (χ2n) is 15.1. The number of alkyl carbamates (subject to hydrolysis) is 1. The molecule has 5 N–H and O–H groups in total. The lowest BCUT2D eigenvalue weighted by Gasteiger charge is -2.30. The molecule has 3 aliphatic rings. The molecule has 15 nitrogen and oxygen atoms in total. The van der Waals surface area contributed by atoms with Crippen molar-refractivity contribution < 1.29 is 33.8 Å². The predicted molar refractivity (Wildman–Crippen MR) is 203 cm³/mol. The molecule has 2 aromatic carbocycles. The molecule has 2 saturated heterocycles. The van der Waals surface area contributed by atoms with Crippen molar-refractivity contribution in [3.8, 4) is 39.4 Å². The minimum atomic E-state index is -1.22. The topological polar surface area (TPSA) is 195 Å². The lowest BCUT2D eigenvalue weighted by Crippen LogP contribution is -2.51. The van der Waals surface area contributed by atoms with Gasteiger partial charge in [-0.15, -0.1) is 0 Å². The number of benzene rings is 2. The van der Waals surface area contributed by atoms with Crippen LogP contribution in [0.25, 0.3) is 33.6 Å². The Balaban J connectivity index is 1.06. The standard InChI is InChI=1S/C40H48N8O7/c1-21(2)33(45-39(51)52)37(49)47-14-6-8-30(47)35-41-18-28(43-35)23-10-12-26-25(16-23)20-55-32-17-24(11-13-27(26)32)29-19-42-36(44-29)31-9-7-15-48(31)38(50)34(22(3)4)46-40(53)54-5/h10-13,16-19,21-22,30-31,33-34,45H,6-9,14-15,20H2,1-5H3,(H,41,43)(H,42,44)(H,46,53)(H,51,52). The van der Waals surface area contributed by atoms with E-state index in [1.165, 1.54) is 7.11 Å². The average molecular weight is 753 g/mol. The Labute approximate surface area is 319 Å². The summed E-state index contributed by atoms with van der Waals surface area (Å²) in [6, 6.07) is 10.3. The van der Waals surface area contributed by atoms with Gasteiger partial charge in [-0.3, -0.25) is 9.59 Å². The van der Waals surface area contributed by atoms with Crippen LogP contribution >= 0.6 is 0 Å². The summed E-state index contributed by atoms with van der Waals surface area (Å²) in [7, 11) is 1.28. The molecule has 55 heavy (non-hydrogen) atoms. The third kappa shape index (κ3) is 7.47. The summed E-state index contributed by atoms with van der Waals surface area (Å²) in [6.07, 6.45) is 4.84. The number of aromatic amines is 2. The zero-order valence-corrected chi connectivity index (χ0v) is 31.7. The van der Waals surface area contributed by atoms with Crippen LogP contribution in [0.2, 0.25) is 0 Å². The van der Waals surface area contributed by atoms with Gasteiger partial charge < -0.3 is 45.0 Å². The SMILES string of the molecule is COC(=O)NC(C(=O)N1CCCC1c1ncc(-c2ccc3c(c2)OCc2cc(-c4cnc(C5CCCN5C(=O)C(NC(=O)O)C(C)C)[nH]4)ccc2-3)[nH]1)C(C)C. The zero-order valence-electron chi connectivity index (χ0n) is 31.7. The summed E-state index contributed by atoms with van der Waals surface area (Å²) in [5, 5.41) is 14.4. The van der Waals surface area contributed by atoms with Gasteiger partial charge in [0.1, 0.15) is 36.1 Å². The van der Waals surface area contributed by atoms with Crippen molar-refractivity contribution in [2.24, 2.45) is 11.8 Å². The molecule has 4 atom stereocenters. The maximum absolute atomic E-state index is 13.6. The number of carbonyl (C=O) groups is 4. The molecule has 2 aromatic heterocycles. The fourth-order valence-corrected chi connectivity index (χ4v) is 7.97. The van der Waals surface area contributed by atoms with E-state index in [2.05, 4.69) is 42.7 Å². The Morgan fingerprint density at radius 1 is 0.800 bits per heavy atom. The largest absolute Gasteiger partial charge is 0.488 e. The third-order valence-corrected chi connectivity index (χ3v) is 10.9. The smallest absolute Gasteiger partial charge is 0.407 e. The summed E-state index contributed by atoms with van der Waals surface area (Å²) in [6.45, 7) is 8.94. The van der Waals surface area contributed by atoms with Gasteiger partial charge in [0.15, 0.2) is 0 Å². The highest BCUT2D eigenvalue weighted by atomic mass is 16.5. The van der Waals surface area contributed by atoms with E-state index in [-0.39, 0.29) is 35.7 Å². The molecule has 0 saturated carbocycles. The van der Waals surface area contributed by atoms with Crippen molar-refractivity contribution in [3.63, 3.8) is 0 Å². The number of carboxylic acid groups (broad SMARTS) is 1. The number of ether oxygens (including phenoxy) is 2. The van der Waals surface area contributed by atoms with E-state index in [1.54, 1.807) is 22.2 Å². The Kier molecular flexibility index (Phi) is 10.5. The highest BCUT2D eigenvalue weighted by Crippen LogP contribution is 2.42. The van der Waals surface area contributed by atoms with Crippen molar-refractivity contribution in [2.75, 3.05) is 20.2 Å².